The molecule has 6 nitrogen and oxygen atoms in total. The maximum atomic E-state index is 13.3. The number of sulfonamides is 1. The zero-order valence-corrected chi connectivity index (χ0v) is 22.5. The molecule has 36 heavy (non-hydrogen) atoms. The summed E-state index contributed by atoms with van der Waals surface area (Å²) in [5.74, 6) is 0.381. The Morgan fingerprint density at radius 3 is 2.44 bits per heavy atom. The second kappa shape index (κ2) is 10.1. The van der Waals surface area contributed by atoms with Crippen LogP contribution in [-0.4, -0.2) is 19.9 Å². The molecule has 3 aromatic carbocycles. The molecule has 0 unspecified atom stereocenters. The summed E-state index contributed by atoms with van der Waals surface area (Å²) >= 11 is 6.27. The highest BCUT2D eigenvalue weighted by Crippen LogP contribution is 2.42. The highest BCUT2D eigenvalue weighted by atomic mass is 35.5. The molecule has 1 heterocycles. The predicted octanol–water partition coefficient (Wildman–Crippen LogP) is 6.57. The van der Waals surface area contributed by atoms with Crippen LogP contribution in [0.15, 0.2) is 65.6 Å². The summed E-state index contributed by atoms with van der Waals surface area (Å²) < 4.78 is 35.2. The highest BCUT2D eigenvalue weighted by molar-refractivity contribution is 7.92. The van der Waals surface area contributed by atoms with E-state index in [1.165, 1.54) is 18.2 Å². The van der Waals surface area contributed by atoms with Gasteiger partial charge in [0.1, 0.15) is 16.2 Å². The third-order valence-electron chi connectivity index (χ3n) is 7.03. The average molecular weight is 527 g/mol. The van der Waals surface area contributed by atoms with Gasteiger partial charge in [-0.25, -0.2) is 8.42 Å². The van der Waals surface area contributed by atoms with Crippen molar-refractivity contribution in [2.75, 3.05) is 4.72 Å². The number of carbonyl (C=O) groups is 1. The van der Waals surface area contributed by atoms with Gasteiger partial charge in [-0.3, -0.25) is 9.52 Å². The van der Waals surface area contributed by atoms with Gasteiger partial charge < -0.3 is 10.1 Å². The summed E-state index contributed by atoms with van der Waals surface area (Å²) in [6.07, 6.45) is 2.23. The number of amides is 1. The lowest BCUT2D eigenvalue weighted by atomic mass is 9.83. The second-order valence-electron chi connectivity index (χ2n) is 9.31. The molecule has 2 N–H and O–H groups in total. The van der Waals surface area contributed by atoms with Gasteiger partial charge in [-0.2, -0.15) is 0 Å². The lowest BCUT2D eigenvalue weighted by molar-refractivity contribution is 0.0227. The number of rotatable bonds is 7. The van der Waals surface area contributed by atoms with Crippen LogP contribution in [-0.2, 0) is 10.0 Å². The number of hydrogen-bond acceptors (Lipinski definition) is 4. The van der Waals surface area contributed by atoms with Gasteiger partial charge in [-0.1, -0.05) is 49.7 Å². The summed E-state index contributed by atoms with van der Waals surface area (Å²) in [6.45, 7) is 8.02. The molecule has 0 saturated carbocycles. The Morgan fingerprint density at radius 2 is 1.75 bits per heavy atom. The topological polar surface area (TPSA) is 84.5 Å². The Morgan fingerprint density at radius 1 is 1.03 bits per heavy atom. The summed E-state index contributed by atoms with van der Waals surface area (Å²) in [4.78, 5) is 13.2. The summed E-state index contributed by atoms with van der Waals surface area (Å²) in [7, 11) is -4.02. The largest absolute Gasteiger partial charge is 0.487 e. The maximum absolute atomic E-state index is 13.3. The van der Waals surface area contributed by atoms with Crippen LogP contribution >= 0.6 is 11.6 Å². The fourth-order valence-corrected chi connectivity index (χ4v) is 6.11. The van der Waals surface area contributed by atoms with Crippen LogP contribution in [0, 0.1) is 13.8 Å². The maximum Gasteiger partial charge on any atom is 0.263 e. The van der Waals surface area contributed by atoms with Crippen LogP contribution < -0.4 is 14.8 Å². The van der Waals surface area contributed by atoms with Crippen LogP contribution in [0.5, 0.6) is 5.75 Å². The van der Waals surface area contributed by atoms with Gasteiger partial charge in [-0.15, -0.1) is 0 Å². The minimum Gasteiger partial charge on any atom is -0.487 e. The van der Waals surface area contributed by atoms with Crippen molar-refractivity contribution in [3.8, 4) is 5.75 Å². The molecule has 1 aliphatic rings. The van der Waals surface area contributed by atoms with E-state index in [0.29, 0.717) is 12.1 Å². The zero-order valence-electron chi connectivity index (χ0n) is 20.9. The van der Waals surface area contributed by atoms with Crippen LogP contribution in [0.1, 0.15) is 66.2 Å². The lowest BCUT2D eigenvalue weighted by Crippen LogP contribution is -2.44. The average Bonchev–Trinajstić information content (AvgIpc) is 2.86. The minimum absolute atomic E-state index is 0.0373. The first-order valence-electron chi connectivity index (χ1n) is 12.1. The SMILES string of the molecule is CCC1(CC)C[C@@H](NC(=O)c2ccc(Cl)c(S(=O)(=O)Nc3ccc(C)c(C)c3)c2)c2ccccc2O1. The third-order valence-corrected chi connectivity index (χ3v) is 8.90. The first-order valence-corrected chi connectivity index (χ1v) is 13.9. The van der Waals surface area contributed by atoms with E-state index in [9.17, 15) is 13.2 Å². The molecule has 0 spiro atoms. The fourth-order valence-electron chi connectivity index (χ4n) is 4.54. The van der Waals surface area contributed by atoms with E-state index < -0.39 is 10.0 Å². The highest BCUT2D eigenvalue weighted by Gasteiger charge is 2.39. The van der Waals surface area contributed by atoms with Gasteiger partial charge in [0.15, 0.2) is 0 Å². The molecule has 1 aliphatic heterocycles. The Hall–Kier alpha value is -3.03. The van der Waals surface area contributed by atoms with E-state index in [4.69, 9.17) is 16.3 Å². The van der Waals surface area contributed by atoms with Crippen molar-refractivity contribution >= 4 is 33.2 Å². The molecular weight excluding hydrogens is 496 g/mol. The number of halogens is 1. The van der Waals surface area contributed by atoms with Gasteiger partial charge in [0, 0.05) is 23.2 Å². The zero-order chi connectivity index (χ0) is 26.1. The van der Waals surface area contributed by atoms with Gasteiger partial charge in [0.05, 0.1) is 11.1 Å². The van der Waals surface area contributed by atoms with E-state index >= 15 is 0 Å². The molecule has 0 aliphatic carbocycles. The quantitative estimate of drug-likeness (QED) is 0.364. The third kappa shape index (κ3) is 5.22. The Kier molecular flexibility index (Phi) is 7.34. The predicted molar refractivity (Wildman–Crippen MR) is 143 cm³/mol. The molecule has 1 atom stereocenters. The van der Waals surface area contributed by atoms with Gasteiger partial charge in [-0.05, 0) is 74.2 Å². The van der Waals surface area contributed by atoms with E-state index in [0.717, 1.165) is 35.3 Å². The molecule has 0 aromatic heterocycles. The number of anilines is 1. The van der Waals surface area contributed by atoms with E-state index in [1.807, 2.05) is 44.2 Å². The number of aryl methyl sites for hydroxylation is 2. The van der Waals surface area contributed by atoms with Crippen LogP contribution in [0.3, 0.4) is 0 Å². The number of fused-ring (bicyclic) bond motifs is 1. The number of ether oxygens (including phenoxy) is 1. The smallest absolute Gasteiger partial charge is 0.263 e. The number of benzene rings is 3. The van der Waals surface area contributed by atoms with E-state index in [2.05, 4.69) is 23.9 Å². The Labute approximate surface area is 218 Å². The Balaban J connectivity index is 1.61. The molecule has 0 fully saturated rings. The van der Waals surface area contributed by atoms with Crippen molar-refractivity contribution in [3.05, 3.63) is 87.9 Å². The lowest BCUT2D eigenvalue weighted by Gasteiger charge is -2.41. The first kappa shape index (κ1) is 26.0. The number of nitrogens with one attached hydrogen (secondary N) is 2. The van der Waals surface area contributed by atoms with Crippen molar-refractivity contribution in [1.82, 2.24) is 5.32 Å². The van der Waals surface area contributed by atoms with E-state index in [-0.39, 0.29) is 33.0 Å². The molecule has 1 amide bonds. The molecule has 8 heteroatoms. The molecule has 0 saturated heterocycles. The van der Waals surface area contributed by atoms with Gasteiger partial charge in [0.25, 0.3) is 15.9 Å². The molecular formula is C28H31ClN2O4S. The standard InChI is InChI=1S/C28H31ClN2O4S/c1-5-28(6-2)17-24(22-9-7-8-10-25(22)35-28)30-27(32)20-12-14-23(29)26(16-20)36(33,34)31-21-13-11-18(3)19(4)15-21/h7-16,24,31H,5-6,17H2,1-4H3,(H,30,32)/t24-/m1/s1. The monoisotopic (exact) mass is 526 g/mol. The molecule has 3 aromatic rings. The van der Waals surface area contributed by atoms with Crippen molar-refractivity contribution in [2.45, 2.75) is 63.5 Å². The molecule has 0 bridgehead atoms. The normalized spacial score (nSPS) is 16.5. The molecule has 190 valence electrons. The van der Waals surface area contributed by atoms with Crippen molar-refractivity contribution in [3.63, 3.8) is 0 Å². The van der Waals surface area contributed by atoms with Crippen molar-refractivity contribution in [2.24, 2.45) is 0 Å². The van der Waals surface area contributed by atoms with Gasteiger partial charge in [0.2, 0.25) is 0 Å². The summed E-state index contributed by atoms with van der Waals surface area (Å²) in [5, 5.41) is 3.14. The van der Waals surface area contributed by atoms with Gasteiger partial charge >= 0.3 is 0 Å². The summed E-state index contributed by atoms with van der Waals surface area (Å²) in [5.41, 5.74) is 3.18. The van der Waals surface area contributed by atoms with Crippen LogP contribution in [0.4, 0.5) is 5.69 Å². The number of carbonyl (C=O) groups excluding carboxylic acids is 1. The van der Waals surface area contributed by atoms with Crippen molar-refractivity contribution in [1.29, 1.82) is 0 Å². The number of para-hydroxylation sites is 1. The first-order chi connectivity index (χ1) is 17.1. The minimum atomic E-state index is -4.02. The van der Waals surface area contributed by atoms with Crippen LogP contribution in [0.25, 0.3) is 0 Å². The fraction of sp³-hybridized carbons (Fsp3) is 0.321. The molecule has 0 radical (unpaired) electrons. The molecule has 4 rings (SSSR count). The second-order valence-corrected chi connectivity index (χ2v) is 11.4. The Bertz CT molecular complexity index is 1400. The summed E-state index contributed by atoms with van der Waals surface area (Å²) in [6, 6.07) is 17.0. The van der Waals surface area contributed by atoms with Crippen molar-refractivity contribution < 1.29 is 17.9 Å². The van der Waals surface area contributed by atoms with Crippen LogP contribution in [0.2, 0.25) is 5.02 Å². The van der Waals surface area contributed by atoms with E-state index in [1.54, 1.807) is 12.1 Å². The number of hydrogen-bond donors (Lipinski definition) is 2.